The maximum atomic E-state index is 13.8. The van der Waals surface area contributed by atoms with Gasteiger partial charge < -0.3 is 14.6 Å². The molecule has 7 nitrogen and oxygen atoms in total. The van der Waals surface area contributed by atoms with E-state index in [2.05, 4.69) is 4.98 Å². The van der Waals surface area contributed by atoms with Crippen molar-refractivity contribution < 1.29 is 28.6 Å². The fourth-order valence-electron chi connectivity index (χ4n) is 4.25. The molecule has 1 N–H and O–H groups in total. The van der Waals surface area contributed by atoms with Gasteiger partial charge in [0.25, 0.3) is 5.78 Å². The molecule has 1 aliphatic heterocycles. The summed E-state index contributed by atoms with van der Waals surface area (Å²) in [4.78, 5) is 32.6. The van der Waals surface area contributed by atoms with Crippen LogP contribution in [0.2, 0.25) is 0 Å². The lowest BCUT2D eigenvalue weighted by Crippen LogP contribution is -2.29. The Morgan fingerprint density at radius 2 is 1.86 bits per heavy atom. The van der Waals surface area contributed by atoms with Gasteiger partial charge in [-0.2, -0.15) is 0 Å². The molecule has 37 heavy (non-hydrogen) atoms. The summed E-state index contributed by atoms with van der Waals surface area (Å²) in [5, 5.41) is 11.6. The highest BCUT2D eigenvalue weighted by Crippen LogP contribution is 2.45. The van der Waals surface area contributed by atoms with E-state index in [1.165, 1.54) is 30.2 Å². The van der Waals surface area contributed by atoms with Crippen molar-refractivity contribution in [2.75, 3.05) is 18.6 Å². The fourth-order valence-corrected chi connectivity index (χ4v) is 5.27. The standard InChI is InChI=1S/C28H23FN2O5S/c1-3-12-36-20-9-5-7-17(14-20)25(32)23-24(16-6-4-8-19(13-16)35-2)31(27(34)26(23)33)28-30-21-11-10-18(29)15-22(21)37-28/h4-11,13-15,24,32H,3,12H2,1-2H3. The summed E-state index contributed by atoms with van der Waals surface area (Å²) in [5.74, 6) is -1.40. The predicted molar refractivity (Wildman–Crippen MR) is 140 cm³/mol. The van der Waals surface area contributed by atoms with Crippen LogP contribution >= 0.6 is 11.3 Å². The van der Waals surface area contributed by atoms with Crippen LogP contribution in [0.15, 0.2) is 72.3 Å². The van der Waals surface area contributed by atoms with Crippen LogP contribution in [0, 0.1) is 5.82 Å². The second-order valence-electron chi connectivity index (χ2n) is 8.43. The number of benzene rings is 3. The highest BCUT2D eigenvalue weighted by atomic mass is 32.1. The van der Waals surface area contributed by atoms with Crippen LogP contribution in [0.1, 0.15) is 30.5 Å². The first-order chi connectivity index (χ1) is 17.9. The molecule has 9 heteroatoms. The van der Waals surface area contributed by atoms with Crippen molar-refractivity contribution in [1.82, 2.24) is 4.98 Å². The number of hydrogen-bond donors (Lipinski definition) is 1. The monoisotopic (exact) mass is 518 g/mol. The van der Waals surface area contributed by atoms with Gasteiger partial charge in [-0.25, -0.2) is 9.37 Å². The molecular formula is C28H23FN2O5S. The molecule has 1 amide bonds. The number of amides is 1. The zero-order chi connectivity index (χ0) is 26.1. The first-order valence-electron chi connectivity index (χ1n) is 11.7. The van der Waals surface area contributed by atoms with Gasteiger partial charge in [-0.05, 0) is 54.4 Å². The summed E-state index contributed by atoms with van der Waals surface area (Å²) in [6, 6.07) is 16.8. The number of hydrogen-bond acceptors (Lipinski definition) is 7. The third-order valence-corrected chi connectivity index (χ3v) is 7.00. The Labute approximate surface area is 216 Å². The second-order valence-corrected chi connectivity index (χ2v) is 9.44. The number of ether oxygens (including phenoxy) is 2. The van der Waals surface area contributed by atoms with Crippen molar-refractivity contribution in [3.63, 3.8) is 0 Å². The first-order valence-corrected chi connectivity index (χ1v) is 12.5. The number of Topliss-reactive ketones (excluding diaryl/α,β-unsaturated/α-hetero) is 1. The largest absolute Gasteiger partial charge is 0.507 e. The van der Waals surface area contributed by atoms with E-state index < -0.39 is 23.5 Å². The van der Waals surface area contributed by atoms with Crippen LogP contribution in [-0.2, 0) is 9.59 Å². The number of carbonyl (C=O) groups is 2. The van der Waals surface area contributed by atoms with Crippen LogP contribution in [0.25, 0.3) is 16.0 Å². The lowest BCUT2D eigenvalue weighted by Gasteiger charge is -2.23. The number of aromatic nitrogens is 1. The maximum Gasteiger partial charge on any atom is 0.301 e. The number of fused-ring (bicyclic) bond motifs is 1. The Morgan fingerprint density at radius 3 is 2.65 bits per heavy atom. The van der Waals surface area contributed by atoms with E-state index in [9.17, 15) is 19.1 Å². The maximum absolute atomic E-state index is 13.8. The SMILES string of the molecule is CCCOc1cccc(C(O)=C2C(=O)C(=O)N(c3nc4ccc(F)cc4s3)C2c2cccc(OC)c2)c1. The minimum atomic E-state index is -0.985. The van der Waals surface area contributed by atoms with E-state index in [0.717, 1.165) is 17.8 Å². The van der Waals surface area contributed by atoms with E-state index >= 15 is 0 Å². The molecule has 0 saturated carbocycles. The summed E-state index contributed by atoms with van der Waals surface area (Å²) in [7, 11) is 1.51. The average Bonchev–Trinajstić information content (AvgIpc) is 3.44. The molecule has 3 aromatic carbocycles. The summed E-state index contributed by atoms with van der Waals surface area (Å²) < 4.78 is 25.4. The highest BCUT2D eigenvalue weighted by Gasteiger charge is 2.48. The van der Waals surface area contributed by atoms with Gasteiger partial charge in [0.05, 0.1) is 35.5 Å². The van der Waals surface area contributed by atoms with Crippen molar-refractivity contribution in [2.24, 2.45) is 0 Å². The molecule has 0 bridgehead atoms. The predicted octanol–water partition coefficient (Wildman–Crippen LogP) is 5.86. The third-order valence-electron chi connectivity index (χ3n) is 5.98. The molecule has 4 aromatic rings. The normalized spacial score (nSPS) is 16.9. The smallest absolute Gasteiger partial charge is 0.301 e. The number of ketones is 1. The average molecular weight is 519 g/mol. The molecule has 188 valence electrons. The summed E-state index contributed by atoms with van der Waals surface area (Å²) >= 11 is 1.09. The van der Waals surface area contributed by atoms with Gasteiger partial charge >= 0.3 is 5.91 Å². The molecule has 0 spiro atoms. The lowest BCUT2D eigenvalue weighted by atomic mass is 9.95. The van der Waals surface area contributed by atoms with E-state index in [1.807, 2.05) is 6.92 Å². The van der Waals surface area contributed by atoms with Gasteiger partial charge in [0.1, 0.15) is 23.1 Å². The molecule has 1 aromatic heterocycles. The molecule has 0 aliphatic carbocycles. The minimum Gasteiger partial charge on any atom is -0.507 e. The minimum absolute atomic E-state index is 0.0867. The molecule has 0 radical (unpaired) electrons. The van der Waals surface area contributed by atoms with Crippen LogP contribution < -0.4 is 14.4 Å². The number of aliphatic hydroxyl groups excluding tert-OH is 1. The molecule has 1 atom stereocenters. The zero-order valence-electron chi connectivity index (χ0n) is 20.1. The number of aliphatic hydroxyl groups is 1. The fraction of sp³-hybridized carbons (Fsp3) is 0.179. The van der Waals surface area contributed by atoms with Crippen LogP contribution in [-0.4, -0.2) is 35.5 Å². The Morgan fingerprint density at radius 1 is 1.08 bits per heavy atom. The number of halogens is 1. The topological polar surface area (TPSA) is 89.0 Å². The third kappa shape index (κ3) is 4.53. The molecule has 1 fully saturated rings. The highest BCUT2D eigenvalue weighted by molar-refractivity contribution is 7.22. The summed E-state index contributed by atoms with van der Waals surface area (Å²) in [5.41, 5.74) is 1.29. The van der Waals surface area contributed by atoms with Crippen molar-refractivity contribution in [1.29, 1.82) is 0 Å². The van der Waals surface area contributed by atoms with E-state index in [-0.39, 0.29) is 16.5 Å². The summed E-state index contributed by atoms with van der Waals surface area (Å²) in [6.07, 6.45) is 0.809. The Kier molecular flexibility index (Phi) is 6.62. The van der Waals surface area contributed by atoms with Crippen LogP contribution in [0.4, 0.5) is 9.52 Å². The molecule has 1 aliphatic rings. The molecule has 1 unspecified atom stereocenters. The number of carbonyl (C=O) groups excluding carboxylic acids is 2. The van der Waals surface area contributed by atoms with Gasteiger partial charge in [-0.1, -0.05) is 42.5 Å². The Hall–Kier alpha value is -4.24. The van der Waals surface area contributed by atoms with Gasteiger partial charge in [0.15, 0.2) is 5.13 Å². The lowest BCUT2D eigenvalue weighted by molar-refractivity contribution is -0.132. The molecule has 1 saturated heterocycles. The quantitative estimate of drug-likeness (QED) is 0.187. The van der Waals surface area contributed by atoms with Crippen molar-refractivity contribution in [2.45, 2.75) is 19.4 Å². The van der Waals surface area contributed by atoms with Crippen molar-refractivity contribution >= 4 is 44.1 Å². The van der Waals surface area contributed by atoms with Gasteiger partial charge in [-0.15, -0.1) is 0 Å². The number of nitrogens with zero attached hydrogens (tertiary/aromatic N) is 2. The van der Waals surface area contributed by atoms with Gasteiger partial charge in [0.2, 0.25) is 0 Å². The van der Waals surface area contributed by atoms with E-state index in [1.54, 1.807) is 48.5 Å². The first kappa shape index (κ1) is 24.5. The number of methoxy groups -OCH3 is 1. The van der Waals surface area contributed by atoms with E-state index in [0.29, 0.717) is 39.4 Å². The van der Waals surface area contributed by atoms with Crippen molar-refractivity contribution in [3.8, 4) is 11.5 Å². The summed E-state index contributed by atoms with van der Waals surface area (Å²) in [6.45, 7) is 2.48. The molecule has 5 rings (SSSR count). The Balaban J connectivity index is 1.69. The molecular weight excluding hydrogens is 495 g/mol. The Bertz CT molecular complexity index is 1550. The van der Waals surface area contributed by atoms with Gasteiger partial charge in [0, 0.05) is 5.56 Å². The van der Waals surface area contributed by atoms with Crippen molar-refractivity contribution in [3.05, 3.63) is 89.2 Å². The van der Waals surface area contributed by atoms with Crippen LogP contribution in [0.5, 0.6) is 11.5 Å². The van der Waals surface area contributed by atoms with Crippen LogP contribution in [0.3, 0.4) is 0 Å². The zero-order valence-corrected chi connectivity index (χ0v) is 20.9. The van der Waals surface area contributed by atoms with Gasteiger partial charge in [-0.3, -0.25) is 14.5 Å². The van der Waals surface area contributed by atoms with E-state index in [4.69, 9.17) is 9.47 Å². The number of thiazole rings is 1. The molecule has 2 heterocycles. The number of rotatable bonds is 7. The second kappa shape index (κ2) is 10.0. The number of anilines is 1.